The molecule has 0 aromatic heterocycles. The summed E-state index contributed by atoms with van der Waals surface area (Å²) >= 11 is 0. The first-order valence-corrected chi connectivity index (χ1v) is 4.65. The zero-order chi connectivity index (χ0) is 13.0. The van der Waals surface area contributed by atoms with Crippen LogP contribution in [0.15, 0.2) is 6.07 Å². The number of hydrogen-bond donors (Lipinski definition) is 0. The summed E-state index contributed by atoms with van der Waals surface area (Å²) in [5.41, 5.74) is -0.115. The van der Waals surface area contributed by atoms with Crippen LogP contribution in [-0.4, -0.2) is 26.3 Å². The predicted octanol–water partition coefficient (Wildman–Crippen LogP) is 1.55. The summed E-state index contributed by atoms with van der Waals surface area (Å²) in [7, 11) is 3.86. The molecule has 0 N–H and O–H groups in total. The molecule has 0 aliphatic carbocycles. The Kier molecular flexibility index (Phi) is 4.11. The van der Waals surface area contributed by atoms with Crippen LogP contribution in [0.5, 0.6) is 17.2 Å². The molecule has 7 nitrogen and oxygen atoms in total. The molecule has 17 heavy (non-hydrogen) atoms. The van der Waals surface area contributed by atoms with Crippen molar-refractivity contribution in [3.8, 4) is 17.2 Å². The Morgan fingerprint density at radius 1 is 1.18 bits per heavy atom. The molecule has 0 bridgehead atoms. The highest BCUT2D eigenvalue weighted by Crippen LogP contribution is 2.46. The van der Waals surface area contributed by atoms with E-state index >= 15 is 0 Å². The predicted molar refractivity (Wildman–Crippen MR) is 57.1 cm³/mol. The molecular weight excluding hydrogens is 230 g/mol. The van der Waals surface area contributed by atoms with E-state index in [4.69, 9.17) is 14.2 Å². The summed E-state index contributed by atoms with van der Waals surface area (Å²) in [5, 5.41) is 21.9. The quantitative estimate of drug-likeness (QED) is 0.577. The number of nitro benzene ring substituents is 1. The largest absolute Gasteiger partial charge is 0.492 e. The molecular formula is C10H12NO6. The van der Waals surface area contributed by atoms with Gasteiger partial charge in [-0.1, -0.05) is 0 Å². The molecule has 0 atom stereocenters. The molecule has 0 saturated carbocycles. The number of rotatable bonds is 5. The maximum absolute atomic E-state index is 11.0. The number of benzene rings is 1. The van der Waals surface area contributed by atoms with E-state index < -0.39 is 11.5 Å². The summed E-state index contributed by atoms with van der Waals surface area (Å²) in [6.45, 7) is -0.589. The van der Waals surface area contributed by atoms with Crippen LogP contribution in [0, 0.1) is 10.1 Å². The summed E-state index contributed by atoms with van der Waals surface area (Å²) in [6.07, 6.45) is 0. The molecule has 0 amide bonds. The van der Waals surface area contributed by atoms with E-state index in [-0.39, 0.29) is 28.5 Å². The van der Waals surface area contributed by atoms with Crippen molar-refractivity contribution in [3.05, 3.63) is 21.7 Å². The third kappa shape index (κ3) is 2.23. The maximum Gasteiger partial charge on any atom is 0.356 e. The molecule has 0 spiro atoms. The molecule has 0 aliphatic heterocycles. The lowest BCUT2D eigenvalue weighted by Gasteiger charge is -2.13. The van der Waals surface area contributed by atoms with Gasteiger partial charge in [0.05, 0.1) is 26.3 Å². The average Bonchev–Trinajstić information content (AvgIpc) is 2.35. The first-order chi connectivity index (χ1) is 8.10. The van der Waals surface area contributed by atoms with Crippen molar-refractivity contribution < 1.29 is 24.2 Å². The van der Waals surface area contributed by atoms with Crippen molar-refractivity contribution in [2.24, 2.45) is 0 Å². The Balaban J connectivity index is 3.61. The topological polar surface area (TPSA) is 90.7 Å². The van der Waals surface area contributed by atoms with Gasteiger partial charge in [-0.2, -0.15) is 0 Å². The van der Waals surface area contributed by atoms with E-state index in [0.29, 0.717) is 0 Å². The van der Waals surface area contributed by atoms with Gasteiger partial charge < -0.3 is 14.2 Å². The fraction of sp³-hybridized carbons (Fsp3) is 0.400. The second kappa shape index (κ2) is 5.35. The highest BCUT2D eigenvalue weighted by molar-refractivity contribution is 5.67. The van der Waals surface area contributed by atoms with E-state index in [0.717, 1.165) is 0 Å². The third-order valence-corrected chi connectivity index (χ3v) is 2.22. The highest BCUT2D eigenvalue weighted by Gasteiger charge is 2.29. The molecule has 1 radical (unpaired) electrons. The molecule has 0 fully saturated rings. The van der Waals surface area contributed by atoms with Gasteiger partial charge in [0.2, 0.25) is 11.5 Å². The molecule has 1 aromatic carbocycles. The van der Waals surface area contributed by atoms with Crippen molar-refractivity contribution in [2.75, 3.05) is 21.3 Å². The fourth-order valence-corrected chi connectivity index (χ4v) is 1.51. The van der Waals surface area contributed by atoms with Gasteiger partial charge in [0.15, 0.2) is 5.75 Å². The van der Waals surface area contributed by atoms with E-state index in [9.17, 15) is 15.2 Å². The molecule has 7 heteroatoms. The molecule has 93 valence electrons. The van der Waals surface area contributed by atoms with Crippen LogP contribution in [0.1, 0.15) is 5.56 Å². The number of nitro groups is 1. The summed E-state index contributed by atoms with van der Waals surface area (Å²) in [6, 6.07) is 1.28. The molecule has 1 aromatic rings. The SMILES string of the molecule is COc1cc(C[O])c(OC)c(OC)c1[N+](=O)[O-]. The minimum Gasteiger partial charge on any atom is -0.492 e. The van der Waals surface area contributed by atoms with Gasteiger partial charge in [-0.05, 0) is 6.07 Å². The van der Waals surface area contributed by atoms with Crippen LogP contribution in [0.25, 0.3) is 0 Å². The number of nitrogens with zero attached hydrogens (tertiary/aromatic N) is 1. The molecule has 0 unspecified atom stereocenters. The zero-order valence-corrected chi connectivity index (χ0v) is 9.68. The normalized spacial score (nSPS) is 9.88. The van der Waals surface area contributed by atoms with Crippen molar-refractivity contribution in [1.29, 1.82) is 0 Å². The van der Waals surface area contributed by atoms with Gasteiger partial charge in [-0.15, -0.1) is 0 Å². The summed E-state index contributed by atoms with van der Waals surface area (Å²) < 4.78 is 14.8. The number of ether oxygens (including phenoxy) is 3. The number of methoxy groups -OCH3 is 3. The number of hydrogen-bond acceptors (Lipinski definition) is 5. The van der Waals surface area contributed by atoms with Gasteiger partial charge in [-0.3, -0.25) is 10.1 Å². The Hall–Kier alpha value is -2.02. The lowest BCUT2D eigenvalue weighted by Crippen LogP contribution is -2.03. The Bertz CT molecular complexity index is 431. The van der Waals surface area contributed by atoms with E-state index in [1.165, 1.54) is 27.4 Å². The first kappa shape index (κ1) is 13.0. The Morgan fingerprint density at radius 3 is 2.12 bits per heavy atom. The summed E-state index contributed by atoms with van der Waals surface area (Å²) in [4.78, 5) is 10.3. The Labute approximate surface area is 97.7 Å². The highest BCUT2D eigenvalue weighted by atomic mass is 16.6. The summed E-state index contributed by atoms with van der Waals surface area (Å²) in [5.74, 6) is -0.0730. The maximum atomic E-state index is 11.0. The van der Waals surface area contributed by atoms with Gasteiger partial charge in [0, 0.05) is 5.56 Å². The zero-order valence-electron chi connectivity index (χ0n) is 9.68. The van der Waals surface area contributed by atoms with Crippen molar-refractivity contribution in [2.45, 2.75) is 6.61 Å². The molecule has 0 heterocycles. The van der Waals surface area contributed by atoms with Gasteiger partial charge >= 0.3 is 5.69 Å². The molecule has 1 rings (SSSR count). The van der Waals surface area contributed by atoms with Gasteiger partial charge in [-0.25, -0.2) is 5.11 Å². The van der Waals surface area contributed by atoms with Crippen LogP contribution in [0.2, 0.25) is 0 Å². The first-order valence-electron chi connectivity index (χ1n) is 4.65. The van der Waals surface area contributed by atoms with Crippen LogP contribution >= 0.6 is 0 Å². The van der Waals surface area contributed by atoms with Crippen LogP contribution in [0.3, 0.4) is 0 Å². The van der Waals surface area contributed by atoms with Crippen LogP contribution in [-0.2, 0) is 11.7 Å². The Morgan fingerprint density at radius 2 is 1.76 bits per heavy atom. The smallest absolute Gasteiger partial charge is 0.356 e. The second-order valence-corrected chi connectivity index (χ2v) is 3.05. The fourth-order valence-electron chi connectivity index (χ4n) is 1.51. The minimum atomic E-state index is -0.644. The lowest BCUT2D eigenvalue weighted by molar-refractivity contribution is -0.386. The van der Waals surface area contributed by atoms with Crippen molar-refractivity contribution in [3.63, 3.8) is 0 Å². The standard InChI is InChI=1S/C10H12NO6/c1-15-7-4-6(5-12)9(16-2)10(17-3)8(7)11(13)14/h4H,5H2,1-3H3. The lowest BCUT2D eigenvalue weighted by atomic mass is 10.1. The average molecular weight is 242 g/mol. The van der Waals surface area contributed by atoms with E-state index in [2.05, 4.69) is 0 Å². The van der Waals surface area contributed by atoms with Crippen LogP contribution in [0.4, 0.5) is 5.69 Å². The van der Waals surface area contributed by atoms with E-state index in [1.54, 1.807) is 0 Å². The second-order valence-electron chi connectivity index (χ2n) is 3.05. The van der Waals surface area contributed by atoms with Crippen molar-refractivity contribution in [1.82, 2.24) is 0 Å². The van der Waals surface area contributed by atoms with Gasteiger partial charge in [0.1, 0.15) is 6.61 Å². The monoisotopic (exact) mass is 242 g/mol. The molecule has 0 aliphatic rings. The van der Waals surface area contributed by atoms with Crippen molar-refractivity contribution >= 4 is 5.69 Å². The van der Waals surface area contributed by atoms with Crippen LogP contribution < -0.4 is 14.2 Å². The third-order valence-electron chi connectivity index (χ3n) is 2.22. The van der Waals surface area contributed by atoms with Gasteiger partial charge in [0.25, 0.3) is 0 Å². The minimum absolute atomic E-state index is 0.0292. The van der Waals surface area contributed by atoms with E-state index in [1.807, 2.05) is 0 Å². The molecule has 0 saturated heterocycles.